The summed E-state index contributed by atoms with van der Waals surface area (Å²) in [6, 6.07) is 40.6. The molecule has 0 spiro atoms. The third kappa shape index (κ3) is 7.77. The number of hydrogen-bond acceptors (Lipinski definition) is 9. The van der Waals surface area contributed by atoms with E-state index in [1.54, 1.807) is 30.6 Å². The fourth-order valence-electron chi connectivity index (χ4n) is 7.27. The average molecular weight is 792 g/mol. The Labute approximate surface area is 346 Å². The first-order valence-corrected chi connectivity index (χ1v) is 19.7. The van der Waals surface area contributed by atoms with Crippen molar-refractivity contribution in [3.05, 3.63) is 161 Å². The maximum atomic E-state index is 13.5. The minimum atomic E-state index is -0.516. The third-order valence-corrected chi connectivity index (χ3v) is 9.86. The maximum Gasteiger partial charge on any atom is 0.345 e. The second-order valence-electron chi connectivity index (χ2n) is 16.7. The van der Waals surface area contributed by atoms with E-state index in [-0.39, 0.29) is 0 Å². The second-order valence-corrected chi connectivity index (χ2v) is 16.7. The Morgan fingerprint density at radius 2 is 1.08 bits per heavy atom. The van der Waals surface area contributed by atoms with E-state index in [0.717, 1.165) is 38.4 Å². The van der Waals surface area contributed by atoms with Gasteiger partial charge in [-0.3, -0.25) is 9.97 Å². The Morgan fingerprint density at radius 3 is 1.80 bits per heavy atom. The normalized spacial score (nSPS) is 12.0. The highest BCUT2D eigenvalue weighted by Crippen LogP contribution is 2.37. The van der Waals surface area contributed by atoms with E-state index in [1.165, 1.54) is 0 Å². The summed E-state index contributed by atoms with van der Waals surface area (Å²) in [5.41, 5.74) is 5.55. The minimum Gasteiger partial charge on any atom is -0.488 e. The zero-order chi connectivity index (χ0) is 41.8. The van der Waals surface area contributed by atoms with Crippen LogP contribution in [0, 0.1) is 0 Å². The van der Waals surface area contributed by atoms with Crippen LogP contribution in [0.15, 0.2) is 158 Å². The van der Waals surface area contributed by atoms with Gasteiger partial charge in [-0.1, -0.05) is 78.9 Å². The van der Waals surface area contributed by atoms with Crippen LogP contribution >= 0.6 is 0 Å². The van der Waals surface area contributed by atoms with Crippen molar-refractivity contribution in [3.63, 3.8) is 0 Å². The Balaban J connectivity index is 1.00. The molecule has 0 fully saturated rings. The summed E-state index contributed by atoms with van der Waals surface area (Å²) < 4.78 is 24.2. The number of rotatable bonds is 7. The van der Waals surface area contributed by atoms with E-state index < -0.39 is 22.5 Å². The van der Waals surface area contributed by atoms with E-state index in [0.29, 0.717) is 62.0 Å². The summed E-state index contributed by atoms with van der Waals surface area (Å²) in [6.07, 6.45) is 3.28. The molecule has 5 aromatic carbocycles. The highest BCUT2D eigenvalue weighted by molar-refractivity contribution is 6.04. The van der Waals surface area contributed by atoms with E-state index in [4.69, 9.17) is 28.3 Å². The first kappa shape index (κ1) is 38.1. The fraction of sp³-hybridized carbons (Fsp3) is 0.157. The number of fused-ring (bicyclic) bond motifs is 4. The number of hydrogen-bond donors (Lipinski definition) is 0. The SMILES string of the molecule is CC(C)(C)Oc1cc(OC(C)(C)C)c2cc(-c3cccc(-c4cccc(-c5cccc(-c6cnc(-c7cc8ccc9ccccc9c8oc7=O)cn6)c5)c4)n3)c(=O)oc2c1. The van der Waals surface area contributed by atoms with Gasteiger partial charge in [0.1, 0.15) is 33.9 Å². The van der Waals surface area contributed by atoms with Crippen LogP contribution in [0.5, 0.6) is 11.5 Å². The molecule has 9 nitrogen and oxygen atoms in total. The van der Waals surface area contributed by atoms with Gasteiger partial charge in [0.25, 0.3) is 0 Å². The van der Waals surface area contributed by atoms with Crippen LogP contribution in [0.3, 0.4) is 0 Å². The highest BCUT2D eigenvalue weighted by atomic mass is 16.5. The Bertz CT molecular complexity index is 3230. The van der Waals surface area contributed by atoms with Crippen LogP contribution < -0.4 is 20.7 Å². The maximum absolute atomic E-state index is 13.5. The van der Waals surface area contributed by atoms with Gasteiger partial charge in [0.2, 0.25) is 0 Å². The Hall–Kier alpha value is -7.39. The molecule has 4 aromatic heterocycles. The lowest BCUT2D eigenvalue weighted by molar-refractivity contribution is 0.122. The summed E-state index contributed by atoms with van der Waals surface area (Å²) in [6.45, 7) is 11.8. The van der Waals surface area contributed by atoms with Gasteiger partial charge in [0, 0.05) is 34.0 Å². The quantitative estimate of drug-likeness (QED) is 0.115. The standard InChI is InChI=1S/C51H41N3O6/c1-50(2,3)59-36-25-45-40(46(26-36)60-51(4,5)6)27-39(48(55)57-45)42-19-11-18-41(54-42)33-15-9-13-31(22-33)32-14-10-16-34(23-32)43-28-53-44(29-52-43)38-24-35-21-20-30-12-7-8-17-37(30)47(35)58-49(38)56/h7-29H,1-6H3. The van der Waals surface area contributed by atoms with Crippen LogP contribution in [0.1, 0.15) is 41.5 Å². The number of benzene rings is 5. The fourth-order valence-corrected chi connectivity index (χ4v) is 7.27. The molecule has 296 valence electrons. The molecule has 0 aliphatic heterocycles. The van der Waals surface area contributed by atoms with E-state index in [2.05, 4.69) is 17.1 Å². The zero-order valence-electron chi connectivity index (χ0n) is 34.1. The predicted octanol–water partition coefficient (Wildman–Crippen LogP) is 11.9. The Kier molecular flexibility index (Phi) is 9.39. The van der Waals surface area contributed by atoms with Crippen LogP contribution in [0.25, 0.3) is 88.9 Å². The number of pyridine rings is 1. The average Bonchev–Trinajstić information content (AvgIpc) is 3.22. The molecule has 9 aromatic rings. The largest absolute Gasteiger partial charge is 0.488 e. The van der Waals surface area contributed by atoms with Gasteiger partial charge >= 0.3 is 11.3 Å². The molecule has 0 bridgehead atoms. The molecule has 9 heteroatoms. The highest BCUT2D eigenvalue weighted by Gasteiger charge is 2.21. The van der Waals surface area contributed by atoms with E-state index in [1.807, 2.05) is 139 Å². The van der Waals surface area contributed by atoms with Crippen molar-refractivity contribution < 1.29 is 18.3 Å². The summed E-state index contributed by atoms with van der Waals surface area (Å²) in [5, 5.41) is 3.34. The van der Waals surface area contributed by atoms with Gasteiger partial charge in [-0.15, -0.1) is 0 Å². The Morgan fingerprint density at radius 1 is 0.483 bits per heavy atom. The third-order valence-electron chi connectivity index (χ3n) is 9.86. The smallest absolute Gasteiger partial charge is 0.345 e. The first-order valence-electron chi connectivity index (χ1n) is 19.7. The number of nitrogens with zero attached hydrogens (tertiary/aromatic N) is 3. The first-order chi connectivity index (χ1) is 28.7. The molecular weight excluding hydrogens is 751 g/mol. The molecule has 0 saturated carbocycles. The molecule has 0 aliphatic carbocycles. The van der Waals surface area contributed by atoms with Gasteiger partial charge in [-0.05, 0) is 94.5 Å². The van der Waals surface area contributed by atoms with E-state index in [9.17, 15) is 9.59 Å². The van der Waals surface area contributed by atoms with Crippen molar-refractivity contribution >= 4 is 32.7 Å². The summed E-state index contributed by atoms with van der Waals surface area (Å²) in [5.74, 6) is 1.09. The van der Waals surface area contributed by atoms with Gasteiger partial charge in [0.05, 0.1) is 51.7 Å². The van der Waals surface area contributed by atoms with Crippen LogP contribution in [-0.2, 0) is 0 Å². The van der Waals surface area contributed by atoms with Crippen LogP contribution in [-0.4, -0.2) is 26.2 Å². The van der Waals surface area contributed by atoms with Crippen LogP contribution in [0.2, 0.25) is 0 Å². The van der Waals surface area contributed by atoms with Crippen molar-refractivity contribution in [1.29, 1.82) is 0 Å². The van der Waals surface area contributed by atoms with Gasteiger partial charge in [-0.2, -0.15) is 0 Å². The number of ether oxygens (including phenoxy) is 2. The van der Waals surface area contributed by atoms with Crippen molar-refractivity contribution in [3.8, 4) is 67.7 Å². The molecule has 0 amide bonds. The molecule has 9 rings (SSSR count). The van der Waals surface area contributed by atoms with Gasteiger partial charge in [-0.25, -0.2) is 14.6 Å². The molecular formula is C51H41N3O6. The molecule has 0 atom stereocenters. The summed E-state index contributed by atoms with van der Waals surface area (Å²) >= 11 is 0. The second kappa shape index (κ2) is 14.8. The molecule has 0 radical (unpaired) electrons. The zero-order valence-corrected chi connectivity index (χ0v) is 34.1. The summed E-state index contributed by atoms with van der Waals surface area (Å²) in [7, 11) is 0. The lowest BCUT2D eigenvalue weighted by Gasteiger charge is -2.25. The molecule has 0 aliphatic rings. The minimum absolute atomic E-state index is 0.318. The summed E-state index contributed by atoms with van der Waals surface area (Å²) in [4.78, 5) is 41.0. The lowest BCUT2D eigenvalue weighted by Crippen LogP contribution is -2.24. The lowest BCUT2D eigenvalue weighted by atomic mass is 9.99. The van der Waals surface area contributed by atoms with Crippen molar-refractivity contribution in [2.24, 2.45) is 0 Å². The van der Waals surface area contributed by atoms with Gasteiger partial charge in [0.15, 0.2) is 0 Å². The topological polar surface area (TPSA) is 118 Å². The van der Waals surface area contributed by atoms with Crippen molar-refractivity contribution in [1.82, 2.24) is 15.0 Å². The predicted molar refractivity (Wildman–Crippen MR) is 237 cm³/mol. The van der Waals surface area contributed by atoms with Crippen LogP contribution in [0.4, 0.5) is 0 Å². The van der Waals surface area contributed by atoms with Gasteiger partial charge < -0.3 is 18.3 Å². The number of aromatic nitrogens is 3. The molecule has 60 heavy (non-hydrogen) atoms. The van der Waals surface area contributed by atoms with Crippen molar-refractivity contribution in [2.75, 3.05) is 0 Å². The van der Waals surface area contributed by atoms with Crippen molar-refractivity contribution in [2.45, 2.75) is 52.7 Å². The molecule has 0 unspecified atom stereocenters. The molecule has 0 saturated heterocycles. The van der Waals surface area contributed by atoms with E-state index >= 15 is 0 Å². The monoisotopic (exact) mass is 791 g/mol. The molecule has 0 N–H and O–H groups in total. The molecule has 4 heterocycles.